The smallest absolute Gasteiger partial charge is 0.407 e. The fourth-order valence-electron chi connectivity index (χ4n) is 6.30. The summed E-state index contributed by atoms with van der Waals surface area (Å²) in [5, 5.41) is 2.87. The molecule has 0 bridgehead atoms. The molecule has 1 heterocycles. The first kappa shape index (κ1) is 29.3. The normalized spacial score (nSPS) is 24.5. The molecule has 7 nitrogen and oxygen atoms in total. The van der Waals surface area contributed by atoms with Crippen LogP contribution in [0.3, 0.4) is 0 Å². The molecule has 0 aromatic heterocycles. The molecule has 2 fully saturated rings. The number of alkyl carbamates (subject to hydrolysis) is 1. The van der Waals surface area contributed by atoms with Crippen LogP contribution in [0.25, 0.3) is 0 Å². The number of nitrogens with zero attached hydrogens (tertiary/aromatic N) is 1. The number of piperidine rings is 1. The number of hydrogen-bond acceptors (Lipinski definition) is 5. The van der Waals surface area contributed by atoms with Gasteiger partial charge in [0.1, 0.15) is 6.10 Å². The summed E-state index contributed by atoms with van der Waals surface area (Å²) in [6.07, 6.45) is 3.03. The number of rotatable bonds is 11. The molecule has 3 aromatic rings. The standard InChI is InChI=1S/C33H41N3O4S/c1-3-29-20-30(40-32(37)34-22-26-13-6-4-7-14-26)18-19-36(29)23-28-21-33(28,27-15-8-5-9-16-27)24-35-41(38,39)31-17-11-10-12-25(31)2/h4-17,28-30,35H,3,18-24H2,1-2H3,(H,34,37)/t28-,29?,30?,33?/m1/s1. The van der Waals surface area contributed by atoms with Crippen molar-refractivity contribution in [2.45, 2.75) is 68.5 Å². The number of likely N-dealkylation sites (tertiary alicyclic amines) is 1. The summed E-state index contributed by atoms with van der Waals surface area (Å²) >= 11 is 0. The van der Waals surface area contributed by atoms with Gasteiger partial charge in [0.2, 0.25) is 10.0 Å². The minimum absolute atomic E-state index is 0.106. The second-order valence-electron chi connectivity index (χ2n) is 11.5. The average Bonchev–Trinajstić information content (AvgIpc) is 3.70. The molecule has 2 N–H and O–H groups in total. The highest BCUT2D eigenvalue weighted by molar-refractivity contribution is 7.89. The number of aryl methyl sites for hydroxylation is 1. The second kappa shape index (κ2) is 12.8. The predicted molar refractivity (Wildman–Crippen MR) is 161 cm³/mol. The lowest BCUT2D eigenvalue weighted by molar-refractivity contribution is 0.0189. The fraction of sp³-hybridized carbons (Fsp3) is 0.424. The summed E-state index contributed by atoms with van der Waals surface area (Å²) in [5.41, 5.74) is 2.72. The third-order valence-corrected chi connectivity index (χ3v) is 10.4. The topological polar surface area (TPSA) is 87.7 Å². The molecule has 0 spiro atoms. The van der Waals surface area contributed by atoms with Gasteiger partial charge in [-0.05, 0) is 54.9 Å². The van der Waals surface area contributed by atoms with E-state index in [-0.39, 0.29) is 17.6 Å². The lowest BCUT2D eigenvalue weighted by atomic mass is 9.92. The Balaban J connectivity index is 1.20. The van der Waals surface area contributed by atoms with E-state index >= 15 is 0 Å². The molecular weight excluding hydrogens is 534 g/mol. The van der Waals surface area contributed by atoms with Gasteiger partial charge in [0.25, 0.3) is 0 Å². The van der Waals surface area contributed by atoms with Crippen molar-refractivity contribution in [1.29, 1.82) is 0 Å². The molecule has 0 radical (unpaired) electrons. The average molecular weight is 576 g/mol. The summed E-state index contributed by atoms with van der Waals surface area (Å²) in [4.78, 5) is 15.3. The summed E-state index contributed by atoms with van der Waals surface area (Å²) in [6, 6.07) is 27.5. The van der Waals surface area contributed by atoms with Crippen LogP contribution in [0.4, 0.5) is 4.79 Å². The predicted octanol–water partition coefficient (Wildman–Crippen LogP) is 5.40. The van der Waals surface area contributed by atoms with E-state index in [9.17, 15) is 13.2 Å². The van der Waals surface area contributed by atoms with E-state index in [1.807, 2.05) is 67.6 Å². The first-order chi connectivity index (χ1) is 19.8. The Morgan fingerprint density at radius 3 is 2.39 bits per heavy atom. The molecular formula is C33H41N3O4S. The van der Waals surface area contributed by atoms with Gasteiger partial charge in [0.05, 0.1) is 4.90 Å². The van der Waals surface area contributed by atoms with E-state index < -0.39 is 10.0 Å². The number of sulfonamides is 1. The van der Waals surface area contributed by atoms with Crippen LogP contribution in [0.5, 0.6) is 0 Å². The maximum absolute atomic E-state index is 13.2. The quantitative estimate of drug-likeness (QED) is 0.320. The highest BCUT2D eigenvalue weighted by Gasteiger charge is 2.56. The van der Waals surface area contributed by atoms with E-state index in [4.69, 9.17) is 4.74 Å². The third-order valence-electron chi connectivity index (χ3n) is 8.81. The number of nitrogens with one attached hydrogen (secondary N) is 2. The molecule has 8 heteroatoms. The second-order valence-corrected chi connectivity index (χ2v) is 13.2. The third kappa shape index (κ3) is 7.00. The molecule has 1 amide bonds. The van der Waals surface area contributed by atoms with E-state index in [2.05, 4.69) is 34.0 Å². The Morgan fingerprint density at radius 1 is 1.00 bits per heavy atom. The monoisotopic (exact) mass is 575 g/mol. The van der Waals surface area contributed by atoms with Crippen LogP contribution in [0.1, 0.15) is 49.3 Å². The maximum Gasteiger partial charge on any atom is 0.407 e. The Labute approximate surface area is 244 Å². The molecule has 1 aliphatic carbocycles. The van der Waals surface area contributed by atoms with Crippen molar-refractivity contribution in [3.8, 4) is 0 Å². The van der Waals surface area contributed by atoms with Gasteiger partial charge in [0, 0.05) is 44.1 Å². The zero-order valence-corrected chi connectivity index (χ0v) is 24.8. The van der Waals surface area contributed by atoms with Crippen molar-refractivity contribution in [3.05, 3.63) is 102 Å². The highest BCUT2D eigenvalue weighted by Crippen LogP contribution is 2.54. The minimum atomic E-state index is -3.62. The molecule has 1 saturated carbocycles. The van der Waals surface area contributed by atoms with Crippen LogP contribution in [0.2, 0.25) is 0 Å². The first-order valence-electron chi connectivity index (χ1n) is 14.6. The Kier molecular flexibility index (Phi) is 9.12. The fourth-order valence-corrected chi connectivity index (χ4v) is 7.66. The summed E-state index contributed by atoms with van der Waals surface area (Å²) < 4.78 is 35.2. The van der Waals surface area contributed by atoms with Gasteiger partial charge in [-0.1, -0.05) is 85.8 Å². The van der Waals surface area contributed by atoms with Crippen LogP contribution in [-0.4, -0.2) is 51.2 Å². The van der Waals surface area contributed by atoms with Crippen molar-refractivity contribution < 1.29 is 17.9 Å². The lowest BCUT2D eigenvalue weighted by Gasteiger charge is -2.39. The Bertz CT molecular complexity index is 1420. The van der Waals surface area contributed by atoms with Gasteiger partial charge in [-0.3, -0.25) is 4.90 Å². The van der Waals surface area contributed by atoms with Crippen LogP contribution in [-0.2, 0) is 26.7 Å². The molecule has 3 unspecified atom stereocenters. The van der Waals surface area contributed by atoms with Crippen molar-refractivity contribution in [2.24, 2.45) is 5.92 Å². The summed E-state index contributed by atoms with van der Waals surface area (Å²) in [6.45, 7) is 6.58. The van der Waals surface area contributed by atoms with E-state index in [1.54, 1.807) is 12.1 Å². The van der Waals surface area contributed by atoms with Gasteiger partial charge in [-0.25, -0.2) is 17.9 Å². The van der Waals surface area contributed by atoms with Gasteiger partial charge < -0.3 is 10.1 Å². The molecule has 218 valence electrons. The number of amides is 1. The number of carbonyl (C=O) groups is 1. The zero-order valence-electron chi connectivity index (χ0n) is 24.0. The molecule has 2 aliphatic rings. The van der Waals surface area contributed by atoms with E-state index in [0.29, 0.717) is 29.9 Å². The SMILES string of the molecule is CCC1CC(OC(=O)NCc2ccccc2)CCN1C[C@H]1CC1(CNS(=O)(=O)c1ccccc1C)c1ccccc1. The molecule has 41 heavy (non-hydrogen) atoms. The first-order valence-corrected chi connectivity index (χ1v) is 16.1. The van der Waals surface area contributed by atoms with Crippen molar-refractivity contribution >= 4 is 16.1 Å². The van der Waals surface area contributed by atoms with Crippen LogP contribution < -0.4 is 10.0 Å². The van der Waals surface area contributed by atoms with Gasteiger partial charge in [-0.2, -0.15) is 0 Å². The van der Waals surface area contributed by atoms with Crippen LogP contribution in [0.15, 0.2) is 89.8 Å². The van der Waals surface area contributed by atoms with E-state index in [1.165, 1.54) is 5.56 Å². The number of benzene rings is 3. The van der Waals surface area contributed by atoms with Crippen molar-refractivity contribution in [2.75, 3.05) is 19.6 Å². The summed E-state index contributed by atoms with van der Waals surface area (Å²) in [5.74, 6) is 0.338. The lowest BCUT2D eigenvalue weighted by Crippen LogP contribution is -2.47. The largest absolute Gasteiger partial charge is 0.446 e. The van der Waals surface area contributed by atoms with Crippen molar-refractivity contribution in [1.82, 2.24) is 14.9 Å². The molecule has 1 aliphatic heterocycles. The number of hydrogen-bond donors (Lipinski definition) is 2. The number of carbonyl (C=O) groups excluding carboxylic acids is 1. The number of ether oxygens (including phenoxy) is 1. The van der Waals surface area contributed by atoms with Crippen molar-refractivity contribution in [3.63, 3.8) is 0 Å². The minimum Gasteiger partial charge on any atom is -0.446 e. The van der Waals surface area contributed by atoms with Crippen LogP contribution >= 0.6 is 0 Å². The maximum atomic E-state index is 13.2. The zero-order chi connectivity index (χ0) is 28.9. The Morgan fingerprint density at radius 2 is 1.68 bits per heavy atom. The van der Waals surface area contributed by atoms with Gasteiger partial charge in [-0.15, -0.1) is 0 Å². The molecule has 4 atom stereocenters. The van der Waals surface area contributed by atoms with Gasteiger partial charge >= 0.3 is 6.09 Å². The molecule has 1 saturated heterocycles. The van der Waals surface area contributed by atoms with Gasteiger partial charge in [0.15, 0.2) is 0 Å². The highest BCUT2D eigenvalue weighted by atomic mass is 32.2. The van der Waals surface area contributed by atoms with Crippen LogP contribution in [0, 0.1) is 12.8 Å². The van der Waals surface area contributed by atoms with E-state index in [0.717, 1.165) is 49.9 Å². The molecule has 3 aromatic carbocycles. The Hall–Kier alpha value is -3.20. The summed E-state index contributed by atoms with van der Waals surface area (Å²) in [7, 11) is -3.62. The molecule has 5 rings (SSSR count).